The number of carbonyl (C=O) groups is 1. The Kier molecular flexibility index (Phi) is 3.21. The Hall–Kier alpha value is -1.51. The van der Waals surface area contributed by atoms with Gasteiger partial charge in [-0.1, -0.05) is 13.0 Å². The van der Waals surface area contributed by atoms with E-state index >= 15 is 0 Å². The van der Waals surface area contributed by atoms with Crippen molar-refractivity contribution < 1.29 is 4.79 Å². The number of piperidine rings is 1. The zero-order chi connectivity index (χ0) is 13.4. The zero-order valence-corrected chi connectivity index (χ0v) is 11.6. The monoisotopic (exact) mass is 258 g/mol. The molecule has 3 nitrogen and oxygen atoms in total. The van der Waals surface area contributed by atoms with Gasteiger partial charge in [-0.15, -0.1) is 0 Å². The van der Waals surface area contributed by atoms with E-state index in [4.69, 9.17) is 5.73 Å². The standard InChI is InChI=1S/C16H22N2O/c1-2-16(19)18-7-3-4-12-8-11-5-6-14(17)9-13(11)10-15(12)18/h5-6,9,12,15H,2-4,7-8,10,17H2,1H3/t12-,15-/m0/s1. The fourth-order valence-corrected chi connectivity index (χ4v) is 3.71. The second-order valence-corrected chi connectivity index (χ2v) is 5.85. The van der Waals surface area contributed by atoms with Crippen LogP contribution in [0.3, 0.4) is 0 Å². The van der Waals surface area contributed by atoms with Crippen molar-refractivity contribution in [2.45, 2.75) is 45.1 Å². The summed E-state index contributed by atoms with van der Waals surface area (Å²) in [5.74, 6) is 0.947. The number of hydrogen-bond acceptors (Lipinski definition) is 2. The van der Waals surface area contributed by atoms with E-state index in [1.807, 2.05) is 13.0 Å². The van der Waals surface area contributed by atoms with Crippen molar-refractivity contribution >= 4 is 11.6 Å². The van der Waals surface area contributed by atoms with Crippen LogP contribution in [-0.4, -0.2) is 23.4 Å². The predicted molar refractivity (Wildman–Crippen MR) is 76.8 cm³/mol. The van der Waals surface area contributed by atoms with Crippen molar-refractivity contribution in [1.82, 2.24) is 4.90 Å². The molecule has 0 spiro atoms. The van der Waals surface area contributed by atoms with E-state index in [9.17, 15) is 4.79 Å². The molecule has 1 fully saturated rings. The van der Waals surface area contributed by atoms with Crippen molar-refractivity contribution in [3.8, 4) is 0 Å². The summed E-state index contributed by atoms with van der Waals surface area (Å²) in [5.41, 5.74) is 9.50. The minimum atomic E-state index is 0.307. The Labute approximate surface area is 114 Å². The van der Waals surface area contributed by atoms with Gasteiger partial charge in [0.1, 0.15) is 0 Å². The van der Waals surface area contributed by atoms with Crippen molar-refractivity contribution in [3.05, 3.63) is 29.3 Å². The van der Waals surface area contributed by atoms with E-state index in [-0.39, 0.29) is 0 Å². The van der Waals surface area contributed by atoms with Gasteiger partial charge in [-0.3, -0.25) is 4.79 Å². The average Bonchev–Trinajstić information content (AvgIpc) is 2.43. The molecule has 1 saturated heterocycles. The van der Waals surface area contributed by atoms with E-state index < -0.39 is 0 Å². The molecule has 1 aromatic rings. The molecule has 2 aliphatic rings. The molecule has 0 bridgehead atoms. The van der Waals surface area contributed by atoms with Crippen LogP contribution in [0.25, 0.3) is 0 Å². The molecule has 0 saturated carbocycles. The first-order valence-electron chi connectivity index (χ1n) is 7.35. The number of nitrogens with two attached hydrogens (primary N) is 1. The number of nitrogen functional groups attached to an aromatic ring is 1. The largest absolute Gasteiger partial charge is 0.399 e. The van der Waals surface area contributed by atoms with Crippen LogP contribution in [0.5, 0.6) is 0 Å². The van der Waals surface area contributed by atoms with Gasteiger partial charge in [0, 0.05) is 24.7 Å². The Bertz CT molecular complexity index is 498. The highest BCUT2D eigenvalue weighted by molar-refractivity contribution is 5.76. The summed E-state index contributed by atoms with van der Waals surface area (Å²) in [6.07, 6.45) is 5.11. The Balaban J connectivity index is 1.90. The molecule has 1 aliphatic carbocycles. The first-order chi connectivity index (χ1) is 9.19. The molecule has 1 amide bonds. The molecule has 1 heterocycles. The highest BCUT2D eigenvalue weighted by Crippen LogP contribution is 2.35. The molecular formula is C16H22N2O. The maximum atomic E-state index is 12.1. The normalized spacial score (nSPS) is 25.6. The van der Waals surface area contributed by atoms with Gasteiger partial charge in [-0.25, -0.2) is 0 Å². The molecule has 2 N–H and O–H groups in total. The Morgan fingerprint density at radius 3 is 3.00 bits per heavy atom. The maximum Gasteiger partial charge on any atom is 0.222 e. The smallest absolute Gasteiger partial charge is 0.222 e. The van der Waals surface area contributed by atoms with E-state index in [0.29, 0.717) is 24.3 Å². The van der Waals surface area contributed by atoms with Crippen molar-refractivity contribution in [3.63, 3.8) is 0 Å². The van der Waals surface area contributed by atoms with Crippen LogP contribution in [0.2, 0.25) is 0 Å². The van der Waals surface area contributed by atoms with Gasteiger partial charge >= 0.3 is 0 Å². The number of rotatable bonds is 1. The quantitative estimate of drug-likeness (QED) is 0.786. The Morgan fingerprint density at radius 2 is 2.21 bits per heavy atom. The number of likely N-dealkylation sites (tertiary alicyclic amines) is 1. The average molecular weight is 258 g/mol. The van der Waals surface area contributed by atoms with Gasteiger partial charge in [-0.2, -0.15) is 0 Å². The molecular weight excluding hydrogens is 236 g/mol. The molecule has 3 heteroatoms. The molecule has 1 aliphatic heterocycles. The van der Waals surface area contributed by atoms with Crippen molar-refractivity contribution in [1.29, 1.82) is 0 Å². The third-order valence-electron chi connectivity index (χ3n) is 4.68. The van der Waals surface area contributed by atoms with Crippen LogP contribution in [0.4, 0.5) is 5.69 Å². The maximum absolute atomic E-state index is 12.1. The van der Waals surface area contributed by atoms with E-state index in [0.717, 1.165) is 31.5 Å². The summed E-state index contributed by atoms with van der Waals surface area (Å²) >= 11 is 0. The summed E-state index contributed by atoms with van der Waals surface area (Å²) in [4.78, 5) is 14.2. The number of hydrogen-bond donors (Lipinski definition) is 1. The van der Waals surface area contributed by atoms with Gasteiger partial charge < -0.3 is 10.6 Å². The minimum absolute atomic E-state index is 0.307. The molecule has 0 radical (unpaired) electrons. The number of carbonyl (C=O) groups excluding carboxylic acids is 1. The summed E-state index contributed by atoms with van der Waals surface area (Å²) in [5, 5.41) is 0. The topological polar surface area (TPSA) is 46.3 Å². The second-order valence-electron chi connectivity index (χ2n) is 5.85. The number of benzene rings is 1. The lowest BCUT2D eigenvalue weighted by Gasteiger charge is -2.44. The summed E-state index contributed by atoms with van der Waals surface area (Å²) in [7, 11) is 0. The third-order valence-corrected chi connectivity index (χ3v) is 4.68. The Morgan fingerprint density at radius 1 is 1.37 bits per heavy atom. The fraction of sp³-hybridized carbons (Fsp3) is 0.562. The number of amides is 1. The lowest BCUT2D eigenvalue weighted by atomic mass is 9.75. The molecule has 102 valence electrons. The third kappa shape index (κ3) is 2.22. The molecule has 0 unspecified atom stereocenters. The highest BCUT2D eigenvalue weighted by Gasteiger charge is 2.36. The fourth-order valence-electron chi connectivity index (χ4n) is 3.71. The first-order valence-corrected chi connectivity index (χ1v) is 7.35. The molecule has 1 aromatic carbocycles. The number of nitrogens with zero attached hydrogens (tertiary/aromatic N) is 1. The van der Waals surface area contributed by atoms with Gasteiger partial charge in [-0.05, 0) is 54.9 Å². The van der Waals surface area contributed by atoms with Crippen molar-refractivity contribution in [2.75, 3.05) is 12.3 Å². The van der Waals surface area contributed by atoms with Gasteiger partial charge in [0.2, 0.25) is 5.91 Å². The van der Waals surface area contributed by atoms with Crippen LogP contribution < -0.4 is 5.73 Å². The number of anilines is 1. The second kappa shape index (κ2) is 4.87. The lowest BCUT2D eigenvalue weighted by molar-refractivity contribution is -0.136. The molecule has 3 rings (SSSR count). The van der Waals surface area contributed by atoms with Crippen LogP contribution in [0.15, 0.2) is 18.2 Å². The SMILES string of the molecule is CCC(=O)N1CCC[C@H]2Cc3ccc(N)cc3C[C@@H]21. The van der Waals surface area contributed by atoms with Gasteiger partial charge in [0.05, 0.1) is 0 Å². The summed E-state index contributed by atoms with van der Waals surface area (Å²) in [6, 6.07) is 6.66. The van der Waals surface area contributed by atoms with E-state index in [1.54, 1.807) is 0 Å². The van der Waals surface area contributed by atoms with Gasteiger partial charge in [0.15, 0.2) is 0 Å². The molecule has 2 atom stereocenters. The van der Waals surface area contributed by atoms with E-state index in [2.05, 4.69) is 17.0 Å². The van der Waals surface area contributed by atoms with E-state index in [1.165, 1.54) is 17.5 Å². The summed E-state index contributed by atoms with van der Waals surface area (Å²) < 4.78 is 0. The number of fused-ring (bicyclic) bond motifs is 2. The van der Waals surface area contributed by atoms with Crippen LogP contribution in [0.1, 0.15) is 37.3 Å². The zero-order valence-electron chi connectivity index (χ0n) is 11.6. The van der Waals surface area contributed by atoms with Gasteiger partial charge in [0.25, 0.3) is 0 Å². The van der Waals surface area contributed by atoms with Crippen LogP contribution in [0, 0.1) is 5.92 Å². The predicted octanol–water partition coefficient (Wildman–Crippen LogP) is 2.38. The minimum Gasteiger partial charge on any atom is -0.399 e. The van der Waals surface area contributed by atoms with Crippen molar-refractivity contribution in [2.24, 2.45) is 5.92 Å². The highest BCUT2D eigenvalue weighted by atomic mass is 16.2. The van der Waals surface area contributed by atoms with Crippen LogP contribution in [-0.2, 0) is 17.6 Å². The first kappa shape index (κ1) is 12.5. The molecule has 0 aromatic heterocycles. The summed E-state index contributed by atoms with van der Waals surface area (Å²) in [6.45, 7) is 2.90. The van der Waals surface area contributed by atoms with Crippen LogP contribution >= 0.6 is 0 Å². The lowest BCUT2D eigenvalue weighted by Crippen LogP contribution is -2.51. The molecule has 19 heavy (non-hydrogen) atoms.